The molecule has 0 unspecified atom stereocenters. The summed E-state index contributed by atoms with van der Waals surface area (Å²) in [5.41, 5.74) is 1.86. The van der Waals surface area contributed by atoms with E-state index in [0.29, 0.717) is 0 Å². The van der Waals surface area contributed by atoms with Crippen molar-refractivity contribution in [2.24, 2.45) is 0 Å². The standard InChI is InChI=1S/C6H2N4S2/c1-2-4-6(12-10-8-4)5-3(1)7-9-11-5/h1-2H. The SMILES string of the molecule is c1cc2nnsc2c2snnc12. The van der Waals surface area contributed by atoms with Gasteiger partial charge in [0.1, 0.15) is 11.0 Å². The molecular weight excluding hydrogens is 192 g/mol. The van der Waals surface area contributed by atoms with Crippen LogP contribution in [-0.2, 0) is 0 Å². The van der Waals surface area contributed by atoms with E-state index in [-0.39, 0.29) is 0 Å². The molecule has 2 heterocycles. The van der Waals surface area contributed by atoms with Crippen LogP contribution in [0.4, 0.5) is 0 Å². The van der Waals surface area contributed by atoms with Crippen LogP contribution in [0.5, 0.6) is 0 Å². The Morgan fingerprint density at radius 3 is 1.83 bits per heavy atom. The fourth-order valence-corrected chi connectivity index (χ4v) is 2.51. The van der Waals surface area contributed by atoms with Gasteiger partial charge in [0.25, 0.3) is 0 Å². The van der Waals surface area contributed by atoms with Crippen molar-refractivity contribution in [2.45, 2.75) is 0 Å². The summed E-state index contributed by atoms with van der Waals surface area (Å²) in [5, 5.41) is 7.94. The van der Waals surface area contributed by atoms with E-state index >= 15 is 0 Å². The highest BCUT2D eigenvalue weighted by atomic mass is 32.1. The predicted octanol–water partition coefficient (Wildman–Crippen LogP) is 1.70. The second kappa shape index (κ2) is 2.18. The van der Waals surface area contributed by atoms with Crippen LogP contribution in [0.2, 0.25) is 0 Å². The van der Waals surface area contributed by atoms with Gasteiger partial charge in [-0.2, -0.15) is 0 Å². The lowest BCUT2D eigenvalue weighted by atomic mass is 10.3. The summed E-state index contributed by atoms with van der Waals surface area (Å²) in [6.45, 7) is 0. The van der Waals surface area contributed by atoms with E-state index in [1.165, 1.54) is 23.1 Å². The Kier molecular flexibility index (Phi) is 1.16. The molecule has 3 aromatic rings. The number of fused-ring (bicyclic) bond motifs is 3. The Morgan fingerprint density at radius 1 is 0.833 bits per heavy atom. The molecule has 1 aromatic carbocycles. The predicted molar refractivity (Wildman–Crippen MR) is 48.4 cm³/mol. The Hall–Kier alpha value is -1.14. The lowest BCUT2D eigenvalue weighted by molar-refractivity contribution is 1.19. The number of nitrogens with zero attached hydrogens (tertiary/aromatic N) is 4. The zero-order chi connectivity index (χ0) is 7.97. The van der Waals surface area contributed by atoms with Crippen LogP contribution < -0.4 is 0 Å². The lowest BCUT2D eigenvalue weighted by Gasteiger charge is -1.84. The van der Waals surface area contributed by atoms with Crippen LogP contribution in [0.15, 0.2) is 12.1 Å². The number of benzene rings is 1. The number of aromatic nitrogens is 4. The monoisotopic (exact) mass is 194 g/mol. The fourth-order valence-electron chi connectivity index (χ4n) is 1.09. The average molecular weight is 194 g/mol. The smallest absolute Gasteiger partial charge is 0.107 e. The molecular formula is C6H2N4S2. The first-order chi connectivity index (χ1) is 5.95. The fraction of sp³-hybridized carbons (Fsp3) is 0. The minimum absolute atomic E-state index is 0.929. The molecule has 0 fully saturated rings. The van der Waals surface area contributed by atoms with Gasteiger partial charge in [0, 0.05) is 0 Å². The maximum atomic E-state index is 3.97. The van der Waals surface area contributed by atoms with Gasteiger partial charge in [0.2, 0.25) is 0 Å². The molecule has 6 heteroatoms. The van der Waals surface area contributed by atoms with Gasteiger partial charge < -0.3 is 0 Å². The van der Waals surface area contributed by atoms with Gasteiger partial charge in [-0.1, -0.05) is 8.98 Å². The average Bonchev–Trinajstić information content (AvgIpc) is 2.71. The van der Waals surface area contributed by atoms with Crippen LogP contribution in [-0.4, -0.2) is 19.2 Å². The van der Waals surface area contributed by atoms with Gasteiger partial charge in [0.15, 0.2) is 0 Å². The molecule has 12 heavy (non-hydrogen) atoms. The molecule has 0 bridgehead atoms. The van der Waals surface area contributed by atoms with E-state index < -0.39 is 0 Å². The number of hydrogen-bond donors (Lipinski definition) is 0. The maximum absolute atomic E-state index is 3.97. The Bertz CT molecular complexity index is 491. The molecule has 0 aliphatic heterocycles. The molecule has 0 spiro atoms. The van der Waals surface area contributed by atoms with E-state index in [4.69, 9.17) is 0 Å². The summed E-state index contributed by atoms with van der Waals surface area (Å²) in [5.74, 6) is 0. The Morgan fingerprint density at radius 2 is 1.33 bits per heavy atom. The van der Waals surface area contributed by atoms with E-state index in [0.717, 1.165) is 20.4 Å². The van der Waals surface area contributed by atoms with Gasteiger partial charge in [-0.25, -0.2) is 0 Å². The quantitative estimate of drug-likeness (QED) is 0.546. The molecule has 0 saturated carbocycles. The molecule has 2 aromatic heterocycles. The summed E-state index contributed by atoms with van der Waals surface area (Å²) >= 11 is 2.78. The molecule has 3 rings (SSSR count). The van der Waals surface area contributed by atoms with Crippen molar-refractivity contribution >= 4 is 43.5 Å². The third-order valence-electron chi connectivity index (χ3n) is 1.63. The van der Waals surface area contributed by atoms with Crippen LogP contribution in [0.3, 0.4) is 0 Å². The molecule has 0 aliphatic rings. The van der Waals surface area contributed by atoms with E-state index in [1.807, 2.05) is 12.1 Å². The number of rotatable bonds is 0. The van der Waals surface area contributed by atoms with Crippen LogP contribution >= 0.6 is 23.1 Å². The molecule has 0 aliphatic carbocycles. The highest BCUT2D eigenvalue weighted by Crippen LogP contribution is 2.27. The van der Waals surface area contributed by atoms with E-state index in [9.17, 15) is 0 Å². The highest BCUT2D eigenvalue weighted by molar-refractivity contribution is 7.21. The molecule has 58 valence electrons. The van der Waals surface area contributed by atoms with Crippen LogP contribution in [0.1, 0.15) is 0 Å². The highest BCUT2D eigenvalue weighted by Gasteiger charge is 2.06. The van der Waals surface area contributed by atoms with Gasteiger partial charge in [-0.3, -0.25) is 0 Å². The van der Waals surface area contributed by atoms with Crippen molar-refractivity contribution in [2.75, 3.05) is 0 Å². The number of hydrogen-bond acceptors (Lipinski definition) is 6. The molecule has 0 radical (unpaired) electrons. The molecule has 0 amide bonds. The topological polar surface area (TPSA) is 51.6 Å². The van der Waals surface area contributed by atoms with Crippen molar-refractivity contribution in [3.63, 3.8) is 0 Å². The first-order valence-electron chi connectivity index (χ1n) is 3.28. The Labute approximate surface area is 75.2 Å². The van der Waals surface area contributed by atoms with Gasteiger partial charge in [-0.05, 0) is 35.2 Å². The third-order valence-corrected chi connectivity index (χ3v) is 3.28. The van der Waals surface area contributed by atoms with Crippen molar-refractivity contribution in [1.29, 1.82) is 0 Å². The second-order valence-corrected chi connectivity index (χ2v) is 3.82. The Balaban J connectivity index is 2.71. The summed E-state index contributed by atoms with van der Waals surface area (Å²) < 4.78 is 9.92. The van der Waals surface area contributed by atoms with E-state index in [2.05, 4.69) is 19.2 Å². The summed E-state index contributed by atoms with van der Waals surface area (Å²) in [6.07, 6.45) is 0. The van der Waals surface area contributed by atoms with Gasteiger partial charge in [-0.15, -0.1) is 10.2 Å². The largest absolute Gasteiger partial charge is 0.138 e. The van der Waals surface area contributed by atoms with Crippen molar-refractivity contribution in [3.05, 3.63) is 12.1 Å². The zero-order valence-corrected chi connectivity index (χ0v) is 7.39. The second-order valence-electron chi connectivity index (χ2n) is 2.31. The summed E-state index contributed by atoms with van der Waals surface area (Å²) in [7, 11) is 0. The maximum Gasteiger partial charge on any atom is 0.107 e. The normalized spacial score (nSPS) is 11.3. The van der Waals surface area contributed by atoms with Crippen molar-refractivity contribution in [3.8, 4) is 0 Å². The van der Waals surface area contributed by atoms with Crippen LogP contribution in [0.25, 0.3) is 20.4 Å². The first kappa shape index (κ1) is 6.38. The molecule has 0 saturated heterocycles. The minimum Gasteiger partial charge on any atom is -0.138 e. The summed E-state index contributed by atoms with van der Waals surface area (Å²) in [6, 6.07) is 3.84. The third kappa shape index (κ3) is 0.705. The molecule has 0 N–H and O–H groups in total. The summed E-state index contributed by atoms with van der Waals surface area (Å²) in [4.78, 5) is 0. The van der Waals surface area contributed by atoms with Crippen LogP contribution in [0, 0.1) is 0 Å². The van der Waals surface area contributed by atoms with Gasteiger partial charge in [0.05, 0.1) is 9.40 Å². The lowest BCUT2D eigenvalue weighted by Crippen LogP contribution is -1.69. The first-order valence-corrected chi connectivity index (χ1v) is 4.83. The zero-order valence-electron chi connectivity index (χ0n) is 5.76. The van der Waals surface area contributed by atoms with E-state index in [1.54, 1.807) is 0 Å². The minimum atomic E-state index is 0.929. The van der Waals surface area contributed by atoms with Crippen molar-refractivity contribution in [1.82, 2.24) is 19.2 Å². The van der Waals surface area contributed by atoms with Gasteiger partial charge >= 0.3 is 0 Å². The molecule has 0 atom stereocenters. The molecule has 4 nitrogen and oxygen atoms in total. The van der Waals surface area contributed by atoms with Crippen molar-refractivity contribution < 1.29 is 0 Å².